The fraction of sp³-hybridized carbons (Fsp3) is 0.286. The lowest BCUT2D eigenvalue weighted by atomic mass is 10.0. The number of pyridine rings is 1. The number of likely N-dealkylation sites (tertiary alicyclic amines) is 1. The van der Waals surface area contributed by atoms with Gasteiger partial charge in [0.1, 0.15) is 0 Å². The first-order valence-electron chi connectivity index (χ1n) is 8.95. The lowest BCUT2D eigenvalue weighted by molar-refractivity contribution is 0.0791. The van der Waals surface area contributed by atoms with Crippen LogP contribution in [0.4, 0.5) is 0 Å². The van der Waals surface area contributed by atoms with Crippen molar-refractivity contribution in [2.24, 2.45) is 0 Å². The zero-order chi connectivity index (χ0) is 18.1. The van der Waals surface area contributed by atoms with Gasteiger partial charge in [0.2, 0.25) is 0 Å². The van der Waals surface area contributed by atoms with Crippen molar-refractivity contribution in [3.63, 3.8) is 0 Å². The van der Waals surface area contributed by atoms with Gasteiger partial charge in [0.25, 0.3) is 5.91 Å². The van der Waals surface area contributed by atoms with E-state index in [4.69, 9.17) is 0 Å². The summed E-state index contributed by atoms with van der Waals surface area (Å²) in [6, 6.07) is 13.8. The van der Waals surface area contributed by atoms with Crippen LogP contribution >= 0.6 is 0 Å². The number of aromatic nitrogens is 3. The molecule has 1 aromatic carbocycles. The second-order valence-corrected chi connectivity index (χ2v) is 6.91. The molecule has 0 aliphatic carbocycles. The number of carbonyl (C=O) groups is 1. The molecule has 26 heavy (non-hydrogen) atoms. The number of aryl methyl sites for hydroxylation is 2. The van der Waals surface area contributed by atoms with Crippen molar-refractivity contribution < 1.29 is 4.79 Å². The smallest absolute Gasteiger partial charge is 0.253 e. The van der Waals surface area contributed by atoms with Gasteiger partial charge < -0.3 is 4.90 Å². The predicted molar refractivity (Wildman–Crippen MR) is 101 cm³/mol. The van der Waals surface area contributed by atoms with E-state index < -0.39 is 0 Å². The molecule has 2 aromatic heterocycles. The van der Waals surface area contributed by atoms with Gasteiger partial charge in [-0.15, -0.1) is 0 Å². The molecule has 5 heteroatoms. The molecular formula is C21H22N4O. The van der Waals surface area contributed by atoms with Crippen LogP contribution in [0.3, 0.4) is 0 Å². The topological polar surface area (TPSA) is 51.0 Å². The van der Waals surface area contributed by atoms with Crippen LogP contribution in [0.5, 0.6) is 0 Å². The number of nitrogens with zero attached hydrogens (tertiary/aromatic N) is 4. The summed E-state index contributed by atoms with van der Waals surface area (Å²) in [5.41, 5.74) is 4.98. The van der Waals surface area contributed by atoms with E-state index in [1.807, 2.05) is 66.0 Å². The normalized spacial score (nSPS) is 16.8. The molecule has 1 aliphatic rings. The first-order chi connectivity index (χ1) is 12.6. The molecule has 0 radical (unpaired) electrons. The molecule has 1 amide bonds. The van der Waals surface area contributed by atoms with E-state index >= 15 is 0 Å². The number of benzene rings is 1. The highest BCUT2D eigenvalue weighted by Gasteiger charge is 2.28. The van der Waals surface area contributed by atoms with Crippen molar-refractivity contribution >= 4 is 5.91 Å². The minimum absolute atomic E-state index is 0.0938. The fourth-order valence-corrected chi connectivity index (χ4v) is 3.65. The number of hydrogen-bond acceptors (Lipinski definition) is 3. The highest BCUT2D eigenvalue weighted by Crippen LogP contribution is 2.27. The van der Waals surface area contributed by atoms with Gasteiger partial charge in [0.15, 0.2) is 0 Å². The standard InChI is InChI=1S/C21H22N4O/c1-15-12-16(2)25(23-15)20-7-5-17(6-8-20)21(26)24-11-9-19(14-24)18-4-3-10-22-13-18/h3-8,10,12-13,19H,9,11,14H2,1-2H3. The van der Waals surface area contributed by atoms with Crippen molar-refractivity contribution in [3.05, 3.63) is 77.4 Å². The van der Waals surface area contributed by atoms with Gasteiger partial charge >= 0.3 is 0 Å². The zero-order valence-electron chi connectivity index (χ0n) is 15.1. The Bertz CT molecular complexity index is 915. The third-order valence-electron chi connectivity index (χ3n) is 5.00. The van der Waals surface area contributed by atoms with Crippen LogP contribution in [0.15, 0.2) is 54.9 Å². The van der Waals surface area contributed by atoms with E-state index in [1.165, 1.54) is 5.56 Å². The maximum Gasteiger partial charge on any atom is 0.253 e. The second-order valence-electron chi connectivity index (χ2n) is 6.91. The van der Waals surface area contributed by atoms with Crippen molar-refractivity contribution in [1.82, 2.24) is 19.7 Å². The van der Waals surface area contributed by atoms with E-state index in [-0.39, 0.29) is 5.91 Å². The number of rotatable bonds is 3. The Hall–Kier alpha value is -2.95. The molecule has 1 atom stereocenters. The molecule has 3 aromatic rings. The zero-order valence-corrected chi connectivity index (χ0v) is 15.1. The highest BCUT2D eigenvalue weighted by molar-refractivity contribution is 5.94. The van der Waals surface area contributed by atoms with Crippen molar-refractivity contribution in [2.75, 3.05) is 13.1 Å². The third kappa shape index (κ3) is 3.12. The SMILES string of the molecule is Cc1cc(C)n(-c2ccc(C(=O)N3CCC(c4cccnc4)C3)cc2)n1. The molecule has 1 saturated heterocycles. The Morgan fingerprint density at radius 3 is 2.62 bits per heavy atom. The number of carbonyl (C=O) groups excluding carboxylic acids is 1. The third-order valence-corrected chi connectivity index (χ3v) is 5.00. The maximum atomic E-state index is 12.8. The van der Waals surface area contributed by atoms with Crippen LogP contribution in [-0.4, -0.2) is 38.7 Å². The van der Waals surface area contributed by atoms with Crippen LogP contribution in [0, 0.1) is 13.8 Å². The Labute approximate surface area is 153 Å². The van der Waals surface area contributed by atoms with E-state index in [9.17, 15) is 4.79 Å². The minimum atomic E-state index is 0.0938. The molecule has 132 valence electrons. The minimum Gasteiger partial charge on any atom is -0.338 e. The van der Waals surface area contributed by atoms with Gasteiger partial charge in [-0.05, 0) is 62.2 Å². The molecular weight excluding hydrogens is 324 g/mol. The Morgan fingerprint density at radius 1 is 1.15 bits per heavy atom. The summed E-state index contributed by atoms with van der Waals surface area (Å²) in [5.74, 6) is 0.470. The molecule has 5 nitrogen and oxygen atoms in total. The van der Waals surface area contributed by atoms with Crippen LogP contribution in [0.25, 0.3) is 5.69 Å². The average molecular weight is 346 g/mol. The summed E-state index contributed by atoms with van der Waals surface area (Å²) in [6.07, 6.45) is 4.68. The largest absolute Gasteiger partial charge is 0.338 e. The molecule has 1 aliphatic heterocycles. The van der Waals surface area contributed by atoms with E-state index in [1.54, 1.807) is 6.20 Å². The van der Waals surface area contributed by atoms with Gasteiger partial charge in [-0.25, -0.2) is 4.68 Å². The van der Waals surface area contributed by atoms with Crippen molar-refractivity contribution in [2.45, 2.75) is 26.2 Å². The van der Waals surface area contributed by atoms with Gasteiger partial charge in [0, 0.05) is 42.7 Å². The van der Waals surface area contributed by atoms with Gasteiger partial charge in [0.05, 0.1) is 11.4 Å². The lowest BCUT2D eigenvalue weighted by Gasteiger charge is -2.17. The first-order valence-corrected chi connectivity index (χ1v) is 8.95. The van der Waals surface area contributed by atoms with E-state index in [0.29, 0.717) is 5.92 Å². The Morgan fingerprint density at radius 2 is 1.96 bits per heavy atom. The monoisotopic (exact) mass is 346 g/mol. The van der Waals surface area contributed by atoms with E-state index in [2.05, 4.69) is 16.1 Å². The second kappa shape index (κ2) is 6.75. The molecule has 1 fully saturated rings. The summed E-state index contributed by atoms with van der Waals surface area (Å²) < 4.78 is 1.90. The number of amides is 1. The van der Waals surface area contributed by atoms with E-state index in [0.717, 1.165) is 42.1 Å². The summed E-state index contributed by atoms with van der Waals surface area (Å²) in [5, 5.41) is 4.49. The average Bonchev–Trinajstić information content (AvgIpc) is 3.29. The molecule has 0 N–H and O–H groups in total. The molecule has 4 rings (SSSR count). The summed E-state index contributed by atoms with van der Waals surface area (Å²) >= 11 is 0. The van der Waals surface area contributed by atoms with Crippen LogP contribution in [0.1, 0.15) is 39.6 Å². The Balaban J connectivity index is 1.48. The van der Waals surface area contributed by atoms with Crippen molar-refractivity contribution in [3.8, 4) is 5.69 Å². The van der Waals surface area contributed by atoms with Crippen LogP contribution in [0.2, 0.25) is 0 Å². The van der Waals surface area contributed by atoms with Gasteiger partial charge in [-0.2, -0.15) is 5.10 Å². The maximum absolute atomic E-state index is 12.8. The highest BCUT2D eigenvalue weighted by atomic mass is 16.2. The Kier molecular flexibility index (Phi) is 4.29. The van der Waals surface area contributed by atoms with Gasteiger partial charge in [-0.1, -0.05) is 6.07 Å². The summed E-state index contributed by atoms with van der Waals surface area (Å²) in [7, 11) is 0. The first kappa shape index (κ1) is 16.5. The molecule has 0 saturated carbocycles. The predicted octanol–water partition coefficient (Wildman–Crippen LogP) is 3.51. The molecule has 0 spiro atoms. The fourth-order valence-electron chi connectivity index (χ4n) is 3.65. The van der Waals surface area contributed by atoms with Crippen LogP contribution < -0.4 is 0 Å². The summed E-state index contributed by atoms with van der Waals surface area (Å²) in [6.45, 7) is 5.55. The van der Waals surface area contributed by atoms with Gasteiger partial charge in [-0.3, -0.25) is 9.78 Å². The van der Waals surface area contributed by atoms with Crippen molar-refractivity contribution in [1.29, 1.82) is 0 Å². The van der Waals surface area contributed by atoms with Crippen LogP contribution in [-0.2, 0) is 0 Å². The lowest BCUT2D eigenvalue weighted by Crippen LogP contribution is -2.28. The summed E-state index contributed by atoms with van der Waals surface area (Å²) in [4.78, 5) is 19.0. The molecule has 1 unspecified atom stereocenters. The molecule has 3 heterocycles. The number of hydrogen-bond donors (Lipinski definition) is 0. The quantitative estimate of drug-likeness (QED) is 0.729. The molecule has 0 bridgehead atoms.